The highest BCUT2D eigenvalue weighted by molar-refractivity contribution is 7.89. The molecule has 0 aliphatic rings. The second-order valence-corrected chi connectivity index (χ2v) is 8.29. The van der Waals surface area contributed by atoms with Crippen LogP contribution in [-0.4, -0.2) is 76.3 Å². The SMILES string of the molecule is CCN(CC)S(=O)(=O)c1ccc(C)c(NC(=S)N(CCOC)CCOC)c1. The van der Waals surface area contributed by atoms with Crippen LogP contribution < -0.4 is 5.32 Å². The lowest BCUT2D eigenvalue weighted by molar-refractivity contribution is 0.147. The van der Waals surface area contributed by atoms with Crippen molar-refractivity contribution >= 4 is 33.0 Å². The number of rotatable bonds is 11. The summed E-state index contributed by atoms with van der Waals surface area (Å²) in [6.45, 7) is 8.70. The summed E-state index contributed by atoms with van der Waals surface area (Å²) < 4.78 is 37.3. The Balaban J connectivity index is 3.07. The molecule has 0 aliphatic heterocycles. The summed E-state index contributed by atoms with van der Waals surface area (Å²) in [7, 11) is -0.257. The summed E-state index contributed by atoms with van der Waals surface area (Å²) >= 11 is 5.52. The fourth-order valence-electron chi connectivity index (χ4n) is 2.52. The minimum Gasteiger partial charge on any atom is -0.383 e. The third kappa shape index (κ3) is 6.69. The van der Waals surface area contributed by atoms with E-state index in [4.69, 9.17) is 21.7 Å². The van der Waals surface area contributed by atoms with E-state index < -0.39 is 10.0 Å². The highest BCUT2D eigenvalue weighted by Gasteiger charge is 2.22. The molecule has 0 spiro atoms. The molecule has 1 aromatic rings. The molecule has 0 unspecified atom stereocenters. The standard InChI is InChI=1S/C18H31N3O4S2/c1-6-21(7-2)27(22,23)16-9-8-15(3)17(14-16)19-18(26)20(10-12-24-4)11-13-25-5/h8-9,14H,6-7,10-13H2,1-5H3,(H,19,26). The largest absolute Gasteiger partial charge is 0.383 e. The van der Waals surface area contributed by atoms with E-state index in [2.05, 4.69) is 5.32 Å². The van der Waals surface area contributed by atoms with Crippen LogP contribution in [0.5, 0.6) is 0 Å². The van der Waals surface area contributed by atoms with Gasteiger partial charge in [0.1, 0.15) is 0 Å². The second kappa shape index (κ2) is 11.6. The number of hydrogen-bond acceptors (Lipinski definition) is 5. The first-order valence-electron chi connectivity index (χ1n) is 8.96. The van der Waals surface area contributed by atoms with Crippen LogP contribution in [-0.2, 0) is 19.5 Å². The van der Waals surface area contributed by atoms with Crippen molar-refractivity contribution in [3.8, 4) is 0 Å². The van der Waals surface area contributed by atoms with Gasteiger partial charge >= 0.3 is 0 Å². The van der Waals surface area contributed by atoms with Gasteiger partial charge in [0, 0.05) is 46.1 Å². The van der Waals surface area contributed by atoms with E-state index in [-0.39, 0.29) is 4.90 Å². The average molecular weight is 418 g/mol. The van der Waals surface area contributed by atoms with Gasteiger partial charge in [-0.15, -0.1) is 0 Å². The molecular formula is C18H31N3O4S2. The predicted molar refractivity (Wildman–Crippen MR) is 113 cm³/mol. The van der Waals surface area contributed by atoms with Crippen LogP contribution in [0.4, 0.5) is 5.69 Å². The molecule has 0 fully saturated rings. The Labute approximate surface area is 168 Å². The molecule has 0 aliphatic carbocycles. The Morgan fingerprint density at radius 1 is 1.11 bits per heavy atom. The molecule has 7 nitrogen and oxygen atoms in total. The molecule has 0 amide bonds. The number of nitrogens with zero attached hydrogens (tertiary/aromatic N) is 2. The number of methoxy groups -OCH3 is 2. The summed E-state index contributed by atoms with van der Waals surface area (Å²) in [5.41, 5.74) is 1.59. The van der Waals surface area contributed by atoms with E-state index in [0.717, 1.165) is 5.56 Å². The third-order valence-electron chi connectivity index (χ3n) is 4.21. The van der Waals surface area contributed by atoms with Crippen molar-refractivity contribution in [3.05, 3.63) is 23.8 Å². The van der Waals surface area contributed by atoms with Crippen LogP contribution in [0, 0.1) is 6.92 Å². The summed E-state index contributed by atoms with van der Waals surface area (Å²) in [6.07, 6.45) is 0. The minimum atomic E-state index is -3.53. The first kappa shape index (κ1) is 23.8. The topological polar surface area (TPSA) is 71.1 Å². The molecule has 154 valence electrons. The minimum absolute atomic E-state index is 0.252. The van der Waals surface area contributed by atoms with Crippen LogP contribution >= 0.6 is 12.2 Å². The third-order valence-corrected chi connectivity index (χ3v) is 6.62. The zero-order valence-corrected chi connectivity index (χ0v) is 18.5. The van der Waals surface area contributed by atoms with Gasteiger partial charge in [0.2, 0.25) is 10.0 Å². The van der Waals surface area contributed by atoms with Crippen molar-refractivity contribution in [3.63, 3.8) is 0 Å². The number of hydrogen-bond donors (Lipinski definition) is 1. The summed E-state index contributed by atoms with van der Waals surface area (Å²) in [6, 6.07) is 5.06. The number of benzene rings is 1. The van der Waals surface area contributed by atoms with Gasteiger partial charge in [-0.3, -0.25) is 0 Å². The van der Waals surface area contributed by atoms with Crippen molar-refractivity contribution in [2.45, 2.75) is 25.7 Å². The lowest BCUT2D eigenvalue weighted by Gasteiger charge is -2.26. The monoisotopic (exact) mass is 417 g/mol. The fourth-order valence-corrected chi connectivity index (χ4v) is 4.30. The van der Waals surface area contributed by atoms with E-state index in [1.165, 1.54) is 4.31 Å². The predicted octanol–water partition coefficient (Wildman–Crippen LogP) is 2.32. The zero-order chi connectivity index (χ0) is 20.4. The molecule has 1 aromatic carbocycles. The first-order chi connectivity index (χ1) is 12.8. The van der Waals surface area contributed by atoms with Gasteiger partial charge in [-0.1, -0.05) is 19.9 Å². The number of anilines is 1. The molecule has 9 heteroatoms. The highest BCUT2D eigenvalue weighted by Crippen LogP contribution is 2.23. The van der Waals surface area contributed by atoms with E-state index in [1.54, 1.807) is 32.4 Å². The van der Waals surface area contributed by atoms with Gasteiger partial charge in [-0.25, -0.2) is 8.42 Å². The molecule has 0 atom stereocenters. The van der Waals surface area contributed by atoms with Crippen molar-refractivity contribution in [2.24, 2.45) is 0 Å². The first-order valence-corrected chi connectivity index (χ1v) is 10.8. The van der Waals surface area contributed by atoms with Crippen LogP contribution in [0.3, 0.4) is 0 Å². The molecule has 1 rings (SSSR count). The fraction of sp³-hybridized carbons (Fsp3) is 0.611. The molecule has 0 saturated carbocycles. The van der Waals surface area contributed by atoms with Gasteiger partial charge in [0.15, 0.2) is 5.11 Å². The number of aryl methyl sites for hydroxylation is 1. The normalized spacial score (nSPS) is 11.6. The van der Waals surface area contributed by atoms with Gasteiger partial charge in [0.05, 0.1) is 18.1 Å². The van der Waals surface area contributed by atoms with Crippen molar-refractivity contribution in [2.75, 3.05) is 58.9 Å². The smallest absolute Gasteiger partial charge is 0.243 e. The van der Waals surface area contributed by atoms with Gasteiger partial charge in [-0.05, 0) is 36.8 Å². The highest BCUT2D eigenvalue weighted by atomic mass is 32.2. The molecule has 27 heavy (non-hydrogen) atoms. The van der Waals surface area contributed by atoms with Crippen molar-refractivity contribution in [1.29, 1.82) is 0 Å². The lowest BCUT2D eigenvalue weighted by atomic mass is 10.2. The number of nitrogens with one attached hydrogen (secondary N) is 1. The van der Waals surface area contributed by atoms with E-state index >= 15 is 0 Å². The van der Waals surface area contributed by atoms with Crippen molar-refractivity contribution < 1.29 is 17.9 Å². The van der Waals surface area contributed by atoms with E-state index in [9.17, 15) is 8.42 Å². The lowest BCUT2D eigenvalue weighted by Crippen LogP contribution is -2.39. The Morgan fingerprint density at radius 2 is 1.67 bits per heavy atom. The number of ether oxygens (including phenoxy) is 2. The van der Waals surface area contributed by atoms with Gasteiger partial charge in [0.25, 0.3) is 0 Å². The maximum Gasteiger partial charge on any atom is 0.243 e. The van der Waals surface area contributed by atoms with Crippen LogP contribution in [0.15, 0.2) is 23.1 Å². The average Bonchev–Trinajstić information content (AvgIpc) is 2.64. The molecule has 0 aromatic heterocycles. The van der Waals surface area contributed by atoms with Crippen molar-refractivity contribution in [1.82, 2.24) is 9.21 Å². The number of sulfonamides is 1. The van der Waals surface area contributed by atoms with E-state index in [0.29, 0.717) is 50.2 Å². The summed E-state index contributed by atoms with van der Waals surface area (Å²) in [4.78, 5) is 2.19. The maximum atomic E-state index is 12.8. The summed E-state index contributed by atoms with van der Waals surface area (Å²) in [5, 5.41) is 3.68. The van der Waals surface area contributed by atoms with Crippen LogP contribution in [0.1, 0.15) is 19.4 Å². The number of thiocarbonyl (C=S) groups is 1. The Morgan fingerprint density at radius 3 is 2.15 bits per heavy atom. The molecule has 0 radical (unpaired) electrons. The zero-order valence-electron chi connectivity index (χ0n) is 16.8. The Kier molecular flexibility index (Phi) is 10.2. The van der Waals surface area contributed by atoms with Gasteiger partial charge < -0.3 is 19.7 Å². The van der Waals surface area contributed by atoms with Crippen LogP contribution in [0.2, 0.25) is 0 Å². The molecule has 0 saturated heterocycles. The van der Waals surface area contributed by atoms with Gasteiger partial charge in [-0.2, -0.15) is 4.31 Å². The summed E-state index contributed by atoms with van der Waals surface area (Å²) in [5.74, 6) is 0. The maximum absolute atomic E-state index is 12.8. The molecular weight excluding hydrogens is 386 g/mol. The quantitative estimate of drug-likeness (QED) is 0.554. The van der Waals surface area contributed by atoms with Crippen LogP contribution in [0.25, 0.3) is 0 Å². The Hall–Kier alpha value is -1.26. The molecule has 0 bridgehead atoms. The second-order valence-electron chi connectivity index (χ2n) is 5.97. The van der Waals surface area contributed by atoms with E-state index in [1.807, 2.05) is 25.7 Å². The molecule has 0 heterocycles. The Bertz CT molecular complexity index is 699. The molecule has 1 N–H and O–H groups in total.